The fourth-order valence-corrected chi connectivity index (χ4v) is 2.97. The molecule has 0 saturated carbocycles. The van der Waals surface area contributed by atoms with E-state index in [0.29, 0.717) is 16.1 Å². The molecule has 3 rings (SSSR count). The molecule has 0 radical (unpaired) electrons. The van der Waals surface area contributed by atoms with Crippen molar-refractivity contribution in [3.63, 3.8) is 0 Å². The quantitative estimate of drug-likeness (QED) is 0.391. The van der Waals surface area contributed by atoms with Gasteiger partial charge in [0.2, 0.25) is 0 Å². The molecular formula is C18H11N3O2S. The van der Waals surface area contributed by atoms with Gasteiger partial charge in [-0.25, -0.2) is 4.98 Å². The molecule has 24 heavy (non-hydrogen) atoms. The molecule has 0 bridgehead atoms. The molecule has 1 aromatic heterocycles. The van der Waals surface area contributed by atoms with Crippen LogP contribution in [-0.4, -0.2) is 9.91 Å². The monoisotopic (exact) mass is 333 g/mol. The van der Waals surface area contributed by atoms with Gasteiger partial charge in [0.05, 0.1) is 16.2 Å². The molecule has 0 saturated heterocycles. The topological polar surface area (TPSA) is 79.8 Å². The summed E-state index contributed by atoms with van der Waals surface area (Å²) in [5.41, 5.74) is 2.74. The van der Waals surface area contributed by atoms with E-state index >= 15 is 0 Å². The summed E-state index contributed by atoms with van der Waals surface area (Å²) < 4.78 is 0. The van der Waals surface area contributed by atoms with Crippen molar-refractivity contribution in [3.05, 3.63) is 80.7 Å². The number of thiazole rings is 1. The number of aromatic nitrogens is 1. The lowest BCUT2D eigenvalue weighted by Crippen LogP contribution is -1.88. The molecule has 6 heteroatoms. The van der Waals surface area contributed by atoms with Crippen molar-refractivity contribution >= 4 is 28.7 Å². The molecule has 1 heterocycles. The number of allylic oxidation sites excluding steroid dienone is 1. The van der Waals surface area contributed by atoms with Gasteiger partial charge < -0.3 is 0 Å². The van der Waals surface area contributed by atoms with E-state index < -0.39 is 4.92 Å². The predicted octanol–water partition coefficient (Wildman–Crippen LogP) is 4.78. The second kappa shape index (κ2) is 6.86. The Hall–Kier alpha value is -3.30. The van der Waals surface area contributed by atoms with Crippen LogP contribution in [0.3, 0.4) is 0 Å². The minimum absolute atomic E-state index is 0.00912. The minimum atomic E-state index is -0.458. The molecule has 0 amide bonds. The molecule has 116 valence electrons. The average molecular weight is 333 g/mol. The van der Waals surface area contributed by atoms with Gasteiger partial charge in [-0.3, -0.25) is 10.1 Å². The van der Waals surface area contributed by atoms with E-state index in [2.05, 4.69) is 11.1 Å². The smallest absolute Gasteiger partial charge is 0.258 e. The van der Waals surface area contributed by atoms with Crippen LogP contribution in [0.2, 0.25) is 0 Å². The highest BCUT2D eigenvalue weighted by atomic mass is 32.1. The number of non-ortho nitro benzene ring substituents is 1. The number of hydrogen-bond acceptors (Lipinski definition) is 5. The second-order valence-corrected chi connectivity index (χ2v) is 5.78. The highest BCUT2D eigenvalue weighted by molar-refractivity contribution is 7.11. The Morgan fingerprint density at radius 1 is 1.21 bits per heavy atom. The summed E-state index contributed by atoms with van der Waals surface area (Å²) in [7, 11) is 0. The minimum Gasteiger partial charge on any atom is -0.258 e. The van der Waals surface area contributed by atoms with Gasteiger partial charge in [-0.1, -0.05) is 42.5 Å². The summed E-state index contributed by atoms with van der Waals surface area (Å²) in [6.07, 6.45) is 1.61. The van der Waals surface area contributed by atoms with Crippen molar-refractivity contribution in [2.45, 2.75) is 0 Å². The number of nitro groups is 1. The first kappa shape index (κ1) is 15.6. The number of nitrogens with zero attached hydrogens (tertiary/aromatic N) is 3. The summed E-state index contributed by atoms with van der Waals surface area (Å²) in [6, 6.07) is 18.0. The maximum atomic E-state index is 10.8. The summed E-state index contributed by atoms with van der Waals surface area (Å²) in [5, 5.41) is 22.7. The normalized spacial score (nSPS) is 11.0. The molecule has 0 aliphatic carbocycles. The lowest BCUT2D eigenvalue weighted by molar-refractivity contribution is -0.384. The van der Waals surface area contributed by atoms with Crippen LogP contribution in [0.25, 0.3) is 22.9 Å². The molecule has 0 spiro atoms. The fourth-order valence-electron chi connectivity index (χ4n) is 2.18. The zero-order valence-corrected chi connectivity index (χ0v) is 13.2. The highest BCUT2D eigenvalue weighted by Gasteiger charge is 2.10. The van der Waals surface area contributed by atoms with Crippen LogP contribution in [0, 0.1) is 21.4 Å². The molecule has 0 atom stereocenters. The van der Waals surface area contributed by atoms with Crippen LogP contribution < -0.4 is 0 Å². The molecule has 5 nitrogen and oxygen atoms in total. The van der Waals surface area contributed by atoms with Crippen LogP contribution in [0.1, 0.15) is 10.6 Å². The third-order valence-electron chi connectivity index (χ3n) is 3.32. The van der Waals surface area contributed by atoms with Gasteiger partial charge in [0.1, 0.15) is 11.1 Å². The third kappa shape index (κ3) is 3.37. The van der Waals surface area contributed by atoms with Crippen molar-refractivity contribution in [3.8, 4) is 17.3 Å². The summed E-state index contributed by atoms with van der Waals surface area (Å²) in [6.45, 7) is 0. The van der Waals surface area contributed by atoms with Crippen LogP contribution >= 0.6 is 11.3 Å². The maximum Gasteiger partial charge on any atom is 0.270 e. The highest BCUT2D eigenvalue weighted by Crippen LogP contribution is 2.27. The number of benzene rings is 2. The number of nitriles is 1. The second-order valence-electron chi connectivity index (χ2n) is 4.93. The number of nitro benzene ring substituents is 1. The zero-order chi connectivity index (χ0) is 16.9. The van der Waals surface area contributed by atoms with E-state index in [9.17, 15) is 15.4 Å². The van der Waals surface area contributed by atoms with Crippen molar-refractivity contribution in [1.82, 2.24) is 4.98 Å². The molecule has 0 aliphatic rings. The van der Waals surface area contributed by atoms with Gasteiger partial charge in [-0.2, -0.15) is 5.26 Å². The molecule has 2 aromatic carbocycles. The maximum absolute atomic E-state index is 10.8. The SMILES string of the molecule is N#C/C(=C/c1cccc([N+](=O)[O-])c1)c1nc(-c2ccccc2)cs1. The van der Waals surface area contributed by atoms with E-state index in [1.807, 2.05) is 35.7 Å². The summed E-state index contributed by atoms with van der Waals surface area (Å²) in [4.78, 5) is 14.9. The average Bonchev–Trinajstić information content (AvgIpc) is 3.10. The fraction of sp³-hybridized carbons (Fsp3) is 0. The van der Waals surface area contributed by atoms with E-state index in [4.69, 9.17) is 0 Å². The van der Waals surface area contributed by atoms with Crippen molar-refractivity contribution in [2.75, 3.05) is 0 Å². The van der Waals surface area contributed by atoms with E-state index in [1.54, 1.807) is 18.2 Å². The van der Waals surface area contributed by atoms with Crippen molar-refractivity contribution in [1.29, 1.82) is 5.26 Å². The lowest BCUT2D eigenvalue weighted by atomic mass is 10.1. The third-order valence-corrected chi connectivity index (χ3v) is 4.19. The number of rotatable bonds is 4. The van der Waals surface area contributed by atoms with Crippen molar-refractivity contribution in [2.24, 2.45) is 0 Å². The first-order valence-electron chi connectivity index (χ1n) is 7.05. The van der Waals surface area contributed by atoms with Crippen molar-refractivity contribution < 1.29 is 4.92 Å². The Morgan fingerprint density at radius 2 is 2.00 bits per heavy atom. The van der Waals surface area contributed by atoms with E-state index in [-0.39, 0.29) is 5.69 Å². The van der Waals surface area contributed by atoms with Gasteiger partial charge in [-0.05, 0) is 11.6 Å². The molecule has 0 fully saturated rings. The molecule has 0 unspecified atom stereocenters. The Labute approximate surface area is 142 Å². The van der Waals surface area contributed by atoms with Gasteiger partial charge in [0.15, 0.2) is 0 Å². The predicted molar refractivity (Wildman–Crippen MR) is 94.1 cm³/mol. The van der Waals surface area contributed by atoms with Crippen LogP contribution in [0.4, 0.5) is 5.69 Å². The van der Waals surface area contributed by atoms with Crippen LogP contribution in [0.5, 0.6) is 0 Å². The standard InChI is InChI=1S/C18H11N3O2S/c19-11-15(9-13-5-4-8-16(10-13)21(22)23)18-20-17(12-24-18)14-6-2-1-3-7-14/h1-10,12H/b15-9-. The molecule has 0 aliphatic heterocycles. The Bertz CT molecular complexity index is 956. The van der Waals surface area contributed by atoms with Gasteiger partial charge in [-0.15, -0.1) is 11.3 Å². The Kier molecular flexibility index (Phi) is 4.45. The first-order valence-corrected chi connectivity index (χ1v) is 7.93. The van der Waals surface area contributed by atoms with Gasteiger partial charge in [0.25, 0.3) is 5.69 Å². The van der Waals surface area contributed by atoms with E-state index in [0.717, 1.165) is 11.3 Å². The van der Waals surface area contributed by atoms with Gasteiger partial charge in [0, 0.05) is 23.1 Å². The largest absolute Gasteiger partial charge is 0.270 e. The number of hydrogen-bond donors (Lipinski definition) is 0. The lowest BCUT2D eigenvalue weighted by Gasteiger charge is -1.97. The molecule has 0 N–H and O–H groups in total. The summed E-state index contributed by atoms with van der Waals surface area (Å²) >= 11 is 1.37. The zero-order valence-electron chi connectivity index (χ0n) is 12.4. The summed E-state index contributed by atoms with van der Waals surface area (Å²) in [5.74, 6) is 0. The molecule has 3 aromatic rings. The van der Waals surface area contributed by atoms with Gasteiger partial charge >= 0.3 is 0 Å². The Balaban J connectivity index is 1.95. The van der Waals surface area contributed by atoms with Crippen LogP contribution in [-0.2, 0) is 0 Å². The van der Waals surface area contributed by atoms with E-state index in [1.165, 1.54) is 23.5 Å². The molecular weight excluding hydrogens is 322 g/mol. The van der Waals surface area contributed by atoms with Crippen LogP contribution in [0.15, 0.2) is 60.0 Å². The Morgan fingerprint density at radius 3 is 2.71 bits per heavy atom. The first-order chi connectivity index (χ1) is 11.7.